The van der Waals surface area contributed by atoms with E-state index in [1.165, 1.54) is 0 Å². The van der Waals surface area contributed by atoms with E-state index < -0.39 is 0 Å². The number of rotatable bonds is 2. The molecule has 0 fully saturated rings. The summed E-state index contributed by atoms with van der Waals surface area (Å²) >= 11 is 0. The highest BCUT2D eigenvalue weighted by Crippen LogP contribution is 2.29. The molecule has 1 aromatic heterocycles. The van der Waals surface area contributed by atoms with Gasteiger partial charge in [-0.05, 0) is 32.0 Å². The summed E-state index contributed by atoms with van der Waals surface area (Å²) in [6.07, 6.45) is 0. The Morgan fingerprint density at radius 2 is 2.06 bits per heavy atom. The van der Waals surface area contributed by atoms with Gasteiger partial charge in [0.15, 0.2) is 0 Å². The van der Waals surface area contributed by atoms with Crippen LogP contribution in [0.2, 0.25) is 0 Å². The molecule has 2 N–H and O–H groups in total. The molecule has 84 valence electrons. The van der Waals surface area contributed by atoms with Crippen LogP contribution in [0.25, 0.3) is 11.5 Å². The third-order valence-corrected chi connectivity index (χ3v) is 2.51. The van der Waals surface area contributed by atoms with Crippen molar-refractivity contribution in [3.63, 3.8) is 0 Å². The second-order valence-electron chi connectivity index (χ2n) is 3.62. The summed E-state index contributed by atoms with van der Waals surface area (Å²) in [7, 11) is 1.58. The second-order valence-corrected chi connectivity index (χ2v) is 3.62. The van der Waals surface area contributed by atoms with E-state index >= 15 is 0 Å². The first kappa shape index (κ1) is 10.5. The average molecular weight is 218 g/mol. The quantitative estimate of drug-likeness (QED) is 0.787. The van der Waals surface area contributed by atoms with Crippen LogP contribution in [0.3, 0.4) is 0 Å². The molecule has 0 saturated heterocycles. The van der Waals surface area contributed by atoms with Gasteiger partial charge in [-0.15, -0.1) is 0 Å². The minimum atomic E-state index is 0.591. The zero-order chi connectivity index (χ0) is 11.7. The maximum absolute atomic E-state index is 5.74. The fraction of sp³-hybridized carbons (Fsp3) is 0.250. The lowest BCUT2D eigenvalue weighted by Gasteiger charge is -2.04. The van der Waals surface area contributed by atoms with Gasteiger partial charge in [0, 0.05) is 5.56 Å². The molecule has 0 amide bonds. The predicted octanol–water partition coefficient (Wildman–Crippen LogP) is 2.55. The van der Waals surface area contributed by atoms with Crippen molar-refractivity contribution in [2.45, 2.75) is 13.8 Å². The van der Waals surface area contributed by atoms with Crippen LogP contribution >= 0.6 is 0 Å². The highest BCUT2D eigenvalue weighted by atomic mass is 16.5. The normalized spacial score (nSPS) is 10.4. The van der Waals surface area contributed by atoms with Gasteiger partial charge in [-0.3, -0.25) is 0 Å². The van der Waals surface area contributed by atoms with Gasteiger partial charge in [-0.2, -0.15) is 0 Å². The lowest BCUT2D eigenvalue weighted by Crippen LogP contribution is -1.92. The molecule has 4 heteroatoms. The van der Waals surface area contributed by atoms with Crippen LogP contribution in [-0.2, 0) is 0 Å². The number of nitrogens with zero attached hydrogens (tertiary/aromatic N) is 1. The highest BCUT2D eigenvalue weighted by Gasteiger charge is 2.10. The molecule has 1 heterocycles. The number of benzene rings is 1. The van der Waals surface area contributed by atoms with E-state index in [-0.39, 0.29) is 0 Å². The molecule has 0 aliphatic rings. The van der Waals surface area contributed by atoms with Gasteiger partial charge in [0.1, 0.15) is 11.5 Å². The summed E-state index contributed by atoms with van der Waals surface area (Å²) in [5.41, 5.74) is 8.10. The monoisotopic (exact) mass is 218 g/mol. The van der Waals surface area contributed by atoms with Crippen molar-refractivity contribution in [3.8, 4) is 17.2 Å². The van der Waals surface area contributed by atoms with Crippen LogP contribution in [0.15, 0.2) is 22.6 Å². The van der Waals surface area contributed by atoms with Crippen molar-refractivity contribution in [2.24, 2.45) is 0 Å². The van der Waals surface area contributed by atoms with Gasteiger partial charge in [-0.1, -0.05) is 0 Å². The number of methoxy groups -OCH3 is 1. The molecule has 2 aromatic rings. The third kappa shape index (κ3) is 1.74. The van der Waals surface area contributed by atoms with Gasteiger partial charge in [-0.25, -0.2) is 4.98 Å². The minimum Gasteiger partial charge on any atom is -0.495 e. The summed E-state index contributed by atoms with van der Waals surface area (Å²) in [5, 5.41) is 0. The summed E-state index contributed by atoms with van der Waals surface area (Å²) in [6.45, 7) is 3.80. The maximum Gasteiger partial charge on any atom is 0.226 e. The van der Waals surface area contributed by atoms with Crippen LogP contribution in [0.5, 0.6) is 5.75 Å². The Balaban J connectivity index is 2.48. The van der Waals surface area contributed by atoms with Gasteiger partial charge in [0.25, 0.3) is 0 Å². The first-order chi connectivity index (χ1) is 7.61. The number of hydrogen-bond acceptors (Lipinski definition) is 4. The van der Waals surface area contributed by atoms with Gasteiger partial charge in [0.2, 0.25) is 5.89 Å². The van der Waals surface area contributed by atoms with Crippen LogP contribution in [0.4, 0.5) is 5.69 Å². The molecule has 0 aliphatic carbocycles. The first-order valence-electron chi connectivity index (χ1n) is 4.99. The molecule has 0 radical (unpaired) electrons. The van der Waals surface area contributed by atoms with Gasteiger partial charge < -0.3 is 14.9 Å². The molecule has 0 unspecified atom stereocenters. The molecular formula is C12H14N2O2. The Hall–Kier alpha value is -1.97. The average Bonchev–Trinajstić information content (AvgIpc) is 2.60. The lowest BCUT2D eigenvalue weighted by atomic mass is 10.2. The summed E-state index contributed by atoms with van der Waals surface area (Å²) < 4.78 is 10.7. The van der Waals surface area contributed by atoms with Crippen LogP contribution in [0, 0.1) is 13.8 Å². The number of hydrogen-bond donors (Lipinski definition) is 1. The van der Waals surface area contributed by atoms with Crippen LogP contribution in [-0.4, -0.2) is 12.1 Å². The Morgan fingerprint density at radius 3 is 2.62 bits per heavy atom. The Kier molecular flexibility index (Phi) is 2.56. The molecule has 0 spiro atoms. The molecule has 0 saturated carbocycles. The van der Waals surface area contributed by atoms with E-state index in [4.69, 9.17) is 14.9 Å². The Bertz CT molecular complexity index is 498. The predicted molar refractivity (Wildman–Crippen MR) is 62.4 cm³/mol. The van der Waals surface area contributed by atoms with E-state index in [1.807, 2.05) is 26.0 Å². The number of nitrogens with two attached hydrogens (primary N) is 1. The molecule has 0 aliphatic heterocycles. The number of aryl methyl sites for hydroxylation is 2. The minimum absolute atomic E-state index is 0.591. The number of aromatic nitrogens is 1. The smallest absolute Gasteiger partial charge is 0.226 e. The number of ether oxygens (including phenoxy) is 1. The van der Waals surface area contributed by atoms with Crippen molar-refractivity contribution in [1.29, 1.82) is 0 Å². The molecule has 1 aromatic carbocycles. The number of anilines is 1. The van der Waals surface area contributed by atoms with E-state index in [0.29, 0.717) is 17.3 Å². The van der Waals surface area contributed by atoms with E-state index in [2.05, 4.69) is 4.98 Å². The first-order valence-corrected chi connectivity index (χ1v) is 4.99. The molecule has 16 heavy (non-hydrogen) atoms. The molecule has 0 bridgehead atoms. The molecule has 0 atom stereocenters. The standard InChI is InChI=1S/C12H14N2O2/c1-7-8(2)16-12(14-7)9-4-5-10(13)11(6-9)15-3/h4-6H,13H2,1-3H3. The Labute approximate surface area is 94.1 Å². The van der Waals surface area contributed by atoms with Crippen molar-refractivity contribution in [3.05, 3.63) is 29.7 Å². The van der Waals surface area contributed by atoms with Gasteiger partial charge in [0.05, 0.1) is 18.5 Å². The molecule has 4 nitrogen and oxygen atoms in total. The fourth-order valence-corrected chi connectivity index (χ4v) is 1.44. The number of oxazole rings is 1. The van der Waals surface area contributed by atoms with E-state index in [9.17, 15) is 0 Å². The highest BCUT2D eigenvalue weighted by molar-refractivity contribution is 5.64. The van der Waals surface area contributed by atoms with Crippen LogP contribution < -0.4 is 10.5 Å². The SMILES string of the molecule is COc1cc(-c2nc(C)c(C)o2)ccc1N. The fourth-order valence-electron chi connectivity index (χ4n) is 1.44. The topological polar surface area (TPSA) is 61.3 Å². The molecule has 2 rings (SSSR count). The van der Waals surface area contributed by atoms with Crippen molar-refractivity contribution >= 4 is 5.69 Å². The van der Waals surface area contributed by atoms with E-state index in [1.54, 1.807) is 13.2 Å². The van der Waals surface area contributed by atoms with Crippen molar-refractivity contribution in [1.82, 2.24) is 4.98 Å². The van der Waals surface area contributed by atoms with Crippen LogP contribution in [0.1, 0.15) is 11.5 Å². The van der Waals surface area contributed by atoms with Gasteiger partial charge >= 0.3 is 0 Å². The van der Waals surface area contributed by atoms with E-state index in [0.717, 1.165) is 17.0 Å². The maximum atomic E-state index is 5.74. The molecular weight excluding hydrogens is 204 g/mol. The Morgan fingerprint density at radius 1 is 1.31 bits per heavy atom. The number of nitrogen functional groups attached to an aromatic ring is 1. The second kappa shape index (κ2) is 3.89. The largest absolute Gasteiger partial charge is 0.495 e. The summed E-state index contributed by atoms with van der Waals surface area (Å²) in [6, 6.07) is 5.46. The zero-order valence-corrected chi connectivity index (χ0v) is 9.57. The van der Waals surface area contributed by atoms with Crippen molar-refractivity contribution < 1.29 is 9.15 Å². The third-order valence-electron chi connectivity index (χ3n) is 2.51. The summed E-state index contributed by atoms with van der Waals surface area (Å²) in [4.78, 5) is 4.32. The van der Waals surface area contributed by atoms with Crippen molar-refractivity contribution in [2.75, 3.05) is 12.8 Å². The zero-order valence-electron chi connectivity index (χ0n) is 9.57. The lowest BCUT2D eigenvalue weighted by molar-refractivity contribution is 0.417. The summed E-state index contributed by atoms with van der Waals surface area (Å²) in [5.74, 6) is 2.05.